The van der Waals surface area contributed by atoms with Gasteiger partial charge in [-0.2, -0.15) is 26.3 Å². The summed E-state index contributed by atoms with van der Waals surface area (Å²) < 4.78 is 30.3. The molecule has 0 bridgehead atoms. The van der Waals surface area contributed by atoms with E-state index < -0.39 is 36.3 Å². The number of ether oxygens (including phenoxy) is 4. The summed E-state index contributed by atoms with van der Waals surface area (Å²) in [4.78, 5) is 26.0. The molecule has 4 aromatic heterocycles. The van der Waals surface area contributed by atoms with Crippen LogP contribution in [0, 0.1) is 93.5 Å². The smallest absolute Gasteiger partial charge is 2.00 e. The number of hydrogen-bond donors (Lipinski definition) is 1. The van der Waals surface area contributed by atoms with Crippen molar-refractivity contribution >= 4 is 74.5 Å². The largest absolute Gasteiger partial charge is 2.00 e. The van der Waals surface area contributed by atoms with Crippen molar-refractivity contribution in [1.82, 2.24) is 39.1 Å². The van der Waals surface area contributed by atoms with Crippen LogP contribution in [0.15, 0.2) is 200 Å². The molecule has 0 radical (unpaired) electrons. The summed E-state index contributed by atoms with van der Waals surface area (Å²) >= 11 is -2.24. The van der Waals surface area contributed by atoms with E-state index in [1.165, 1.54) is 164 Å². The Kier molecular flexibility index (Phi) is 36.5. The fourth-order valence-electron chi connectivity index (χ4n) is 20.6. The van der Waals surface area contributed by atoms with Gasteiger partial charge in [-0.05, 0) is 139 Å². The Morgan fingerprint density at radius 3 is 1.15 bits per heavy atom. The molecule has 24 heteroatoms. The van der Waals surface area contributed by atoms with Crippen molar-refractivity contribution in [1.29, 1.82) is 0 Å². The molecule has 8 aliphatic rings. The minimum absolute atomic E-state index is 0. The van der Waals surface area contributed by atoms with E-state index in [1.54, 1.807) is 40.6 Å². The average molecular weight is 2030 g/mol. The number of fused-ring (bicyclic) bond motifs is 4. The van der Waals surface area contributed by atoms with E-state index in [1.807, 2.05) is 178 Å². The number of halogens is 4. The first-order valence-electron chi connectivity index (χ1n) is 46.0. The first-order chi connectivity index (χ1) is 63.5. The van der Waals surface area contributed by atoms with Crippen molar-refractivity contribution in [3.05, 3.63) is 297 Å². The van der Waals surface area contributed by atoms with Gasteiger partial charge < -0.3 is 48.0 Å². The fourth-order valence-corrected chi connectivity index (χ4v) is 20.6. The Morgan fingerprint density at radius 1 is 0.409 bits per heavy atom. The maximum atomic E-state index is 11.9. The summed E-state index contributed by atoms with van der Waals surface area (Å²) in [5.74, 6) is 7.10. The third kappa shape index (κ3) is 24.5. The molecule has 2 atom stereocenters. The summed E-state index contributed by atoms with van der Waals surface area (Å²) in [6, 6.07) is 62.4. The van der Waals surface area contributed by atoms with Crippen LogP contribution in [0.3, 0.4) is 0 Å². The van der Waals surface area contributed by atoms with Gasteiger partial charge in [0.1, 0.15) is 51.5 Å². The van der Waals surface area contributed by atoms with Crippen LogP contribution >= 0.6 is 16.9 Å². The van der Waals surface area contributed by atoms with E-state index in [2.05, 4.69) is 55.3 Å². The summed E-state index contributed by atoms with van der Waals surface area (Å²) in [6.07, 6.45) is 38.1. The molecule has 20 rings (SSSR count). The van der Waals surface area contributed by atoms with E-state index >= 15 is 0 Å². The maximum Gasteiger partial charge on any atom is 2.00 e. The van der Waals surface area contributed by atoms with Crippen LogP contribution in [0.4, 0.5) is 22.7 Å². The first-order valence-corrected chi connectivity index (χ1v) is 57.8. The molecule has 4 fully saturated rings. The Morgan fingerprint density at radius 2 is 0.758 bits per heavy atom. The number of benzene rings is 8. The minimum atomic E-state index is -2.24. The molecule has 4 heterocycles. The number of carbonyl (C=O) groups is 1. The minimum Gasteiger partial charge on any atom is 2.00 e. The van der Waals surface area contributed by atoms with Crippen LogP contribution in [0.25, 0.3) is 93.2 Å². The molecular weight excluding hydrogens is 1910 g/mol. The number of allylic oxidation sites excluding steroid dienone is 1. The average Bonchev–Trinajstić information content (AvgIpc) is 1.51. The SMILES string of the molecule is [Br-].[C-]#[N+]c1ccc(-c2c3c(nn2-c2ccccc2OC)C=C(CC2CCCCC2)C3)cc1.[C-]#[N+]c1ccc(-c2c3c(nn2-c2ccccc2OC)CC(=O)C3)cc1.[C-]#[N+]c1ccc(-c2c3c(nn2-c2ccccc2OC)CC(CC2CCCCC2)C3)cc1.[C-]#[N+]c1ccc(-c2c3c(nn2-c2ccccc2OC)CC(O)(CC2CCCCC2)C3)cc1.[CH2-]C1CCCCC1.[Cl][Ce]([Cl])[Cl].[Mg+2]. The number of rotatable bonds is 18. The second-order valence-corrected chi connectivity index (χ2v) is 49.4. The van der Waals surface area contributed by atoms with Gasteiger partial charge in [0.2, 0.25) is 0 Å². The van der Waals surface area contributed by atoms with Crippen molar-refractivity contribution < 1.29 is 76.5 Å². The van der Waals surface area contributed by atoms with Crippen molar-refractivity contribution in [2.45, 2.75) is 198 Å². The number of aromatic nitrogens is 8. The zero-order chi connectivity index (χ0) is 90.6. The second-order valence-electron chi connectivity index (χ2n) is 35.6. The van der Waals surface area contributed by atoms with Gasteiger partial charge >= 0.3 is 70.6 Å². The molecule has 4 saturated carbocycles. The number of carbonyl (C=O) groups excluding carboxylic acids is 1. The zero-order valence-electron chi connectivity index (χ0n) is 75.9. The number of nitrogens with zero attached hydrogens (tertiary/aromatic N) is 12. The van der Waals surface area contributed by atoms with Gasteiger partial charge in [0, 0.05) is 41.5 Å². The summed E-state index contributed by atoms with van der Waals surface area (Å²) in [5, 5.41) is 31.4. The van der Waals surface area contributed by atoms with Crippen LogP contribution < -0.4 is 35.9 Å². The molecular formula is C108H113BrCeCl3MgN12O6. The topological polar surface area (TPSA) is 163 Å². The molecule has 2 unspecified atom stereocenters. The third-order valence-corrected chi connectivity index (χ3v) is 26.8. The summed E-state index contributed by atoms with van der Waals surface area (Å²) in [6.45, 7) is 32.9. The van der Waals surface area contributed by atoms with Gasteiger partial charge in [0.25, 0.3) is 0 Å². The number of aliphatic hydroxyl groups is 1. The Labute approximate surface area is 826 Å². The van der Waals surface area contributed by atoms with E-state index in [-0.39, 0.29) is 45.8 Å². The molecule has 0 saturated heterocycles. The Balaban J connectivity index is 0.000000143. The van der Waals surface area contributed by atoms with Gasteiger partial charge in [-0.1, -0.05) is 280 Å². The van der Waals surface area contributed by atoms with E-state index in [0.717, 1.165) is 157 Å². The van der Waals surface area contributed by atoms with Gasteiger partial charge in [0.15, 0.2) is 22.7 Å². The van der Waals surface area contributed by atoms with Crippen LogP contribution in [0.5, 0.6) is 23.0 Å². The molecule has 132 heavy (non-hydrogen) atoms. The molecule has 8 aromatic carbocycles. The predicted molar refractivity (Wildman–Crippen MR) is 523 cm³/mol. The van der Waals surface area contributed by atoms with Gasteiger partial charge in [-0.3, -0.25) is 4.79 Å². The quantitative estimate of drug-likeness (QED) is 0.0646. The molecule has 12 aromatic rings. The molecule has 0 aliphatic heterocycles. The van der Waals surface area contributed by atoms with Crippen molar-refractivity contribution in [2.24, 2.45) is 29.6 Å². The monoisotopic (exact) mass is 2020 g/mol. The second kappa shape index (κ2) is 48.2. The van der Waals surface area contributed by atoms with Gasteiger partial charge in [-0.15, -0.1) is 0 Å². The first kappa shape index (κ1) is 100. The third-order valence-electron chi connectivity index (χ3n) is 26.8. The van der Waals surface area contributed by atoms with Gasteiger partial charge in [-0.25, -0.2) is 38.1 Å². The molecule has 8 aliphatic carbocycles. The van der Waals surface area contributed by atoms with E-state index in [4.69, 9.17) is 82.5 Å². The van der Waals surface area contributed by atoms with Crippen molar-refractivity contribution in [3.63, 3.8) is 0 Å². The van der Waals surface area contributed by atoms with E-state index in [9.17, 15) is 9.90 Å². The molecule has 0 spiro atoms. The number of Topliss-reactive ketones (excluding diaryl/α,β-unsaturated/α-hetero) is 1. The van der Waals surface area contributed by atoms with Gasteiger partial charge in [0.05, 0.1) is 112 Å². The van der Waals surface area contributed by atoms with Crippen molar-refractivity contribution in [2.75, 3.05) is 28.4 Å². The predicted octanol–water partition coefficient (Wildman–Crippen LogP) is 24.6. The van der Waals surface area contributed by atoms with Crippen LogP contribution in [0.1, 0.15) is 193 Å². The zero-order valence-corrected chi connectivity index (χ0v) is 84.3. The number of hydrogen-bond acceptors (Lipinski definition) is 10. The molecule has 1 N–H and O–H groups in total. The number of ketones is 1. The van der Waals surface area contributed by atoms with Crippen molar-refractivity contribution in [3.8, 4) is 90.8 Å². The molecule has 675 valence electrons. The molecule has 0 amide bonds. The fraction of sp³-hybridized carbons (Fsp3) is 0.370. The van der Waals surface area contributed by atoms with Crippen LogP contribution in [-0.2, 0) is 49.7 Å². The number of methoxy groups -OCH3 is 4. The maximum absolute atomic E-state index is 11.9. The number of para-hydroxylation sites is 8. The summed E-state index contributed by atoms with van der Waals surface area (Å²) in [7, 11) is 6.70. The Hall–Kier alpha value is -9.38. The van der Waals surface area contributed by atoms with Crippen LogP contribution in [0.2, 0.25) is 0 Å². The summed E-state index contributed by atoms with van der Waals surface area (Å²) in [5.41, 5.74) is 39.1. The van der Waals surface area contributed by atoms with E-state index in [0.29, 0.717) is 66.0 Å². The molecule has 18 nitrogen and oxygen atoms in total. The normalized spacial score (nSPS) is 17.1. The van der Waals surface area contributed by atoms with Crippen LogP contribution in [-0.4, -0.2) is 107 Å². The Bertz CT molecular complexity index is 6060. The standard InChI is InChI=1S/C27H29N3O2.C27H29N3O.C27H27N3O.C20H15N3O2.C7H13.BrH.Ce.3ClH.Mg/c1-28-21-14-12-20(13-15-21)26-22-17-27(31,16-19-8-4-3-5-9-19)18-23(22)29-30(26)24-10-6-7-11-25(24)32-2;2*1-28-22-14-12-21(13-15-22)27-23-17-20(16-19-8-4-3-5-9-19)18-24(23)29-30(27)25-10-6-7-11-26(25)31-2;1-21-14-9-7-13(8-10-14)20-16-11-15(24)12-17(16)22-23(20)18-5-3-4-6-19(18)25-2;1-7-5-3-2-4-6-7;;;;;;/h6-7,10-15,19,31H,3-5,8-9,16-18H2,2H3;6-7,10-15,19-20H,3-5,8-9,16-18H2,2H3;6-7,10-15,18-19H,3-5,8-9,16-17H2,2H3;3-10H,11-12H2,2H3;7H,1-6H2;1H;;3*1H;/q;;;;-1;;+3;;;;+2/p-4.